The number of rotatable bonds is 3. The van der Waals surface area contributed by atoms with Crippen molar-refractivity contribution in [1.82, 2.24) is 4.98 Å². The van der Waals surface area contributed by atoms with Crippen molar-refractivity contribution in [2.75, 3.05) is 11.4 Å². The number of nitro benzene ring substituents is 1. The third-order valence-electron chi connectivity index (χ3n) is 6.28. The Bertz CT molecular complexity index is 1150. The summed E-state index contributed by atoms with van der Waals surface area (Å²) in [5.41, 5.74) is 3.05. The highest BCUT2D eigenvalue weighted by atomic mass is 32.1. The van der Waals surface area contributed by atoms with Gasteiger partial charge in [-0.3, -0.25) is 10.1 Å². The Morgan fingerprint density at radius 2 is 2.07 bits per heavy atom. The Balaban J connectivity index is 1.64. The van der Waals surface area contributed by atoms with Crippen LogP contribution in [-0.2, 0) is 11.8 Å². The molecular weight excluding hydrogens is 396 g/mol. The van der Waals surface area contributed by atoms with Crippen LogP contribution in [0.5, 0.6) is 0 Å². The molecular formula is C23H20N4O2S. The van der Waals surface area contributed by atoms with E-state index in [1.54, 1.807) is 12.1 Å². The summed E-state index contributed by atoms with van der Waals surface area (Å²) in [6.45, 7) is 0.857. The van der Waals surface area contributed by atoms with Gasteiger partial charge in [0.2, 0.25) is 0 Å². The Morgan fingerprint density at radius 3 is 2.83 bits per heavy atom. The van der Waals surface area contributed by atoms with E-state index in [0.29, 0.717) is 6.42 Å². The fraction of sp³-hybridized carbons (Fsp3) is 0.304. The van der Waals surface area contributed by atoms with Gasteiger partial charge in [-0.15, -0.1) is 11.3 Å². The molecule has 3 aromatic rings. The molecule has 2 aliphatic rings. The summed E-state index contributed by atoms with van der Waals surface area (Å²) in [4.78, 5) is 18.2. The lowest BCUT2D eigenvalue weighted by Gasteiger charge is -2.49. The van der Waals surface area contributed by atoms with Crippen LogP contribution in [0.4, 0.5) is 11.4 Å². The number of anilines is 1. The molecule has 150 valence electrons. The van der Waals surface area contributed by atoms with Crippen LogP contribution in [0.1, 0.15) is 29.8 Å². The Kier molecular flexibility index (Phi) is 4.52. The van der Waals surface area contributed by atoms with E-state index in [4.69, 9.17) is 4.98 Å². The quantitative estimate of drug-likeness (QED) is 0.438. The maximum Gasteiger partial charge on any atom is 0.269 e. The summed E-state index contributed by atoms with van der Waals surface area (Å²) in [5, 5.41) is 24.6. The molecule has 2 aliphatic heterocycles. The molecule has 0 saturated carbocycles. The molecule has 0 spiro atoms. The number of nitro groups is 1. The highest BCUT2D eigenvalue weighted by molar-refractivity contribution is 7.10. The Hall–Kier alpha value is -3.24. The van der Waals surface area contributed by atoms with E-state index in [0.717, 1.165) is 53.3 Å². The molecule has 3 heterocycles. The van der Waals surface area contributed by atoms with Crippen molar-refractivity contribution in [1.29, 1.82) is 5.26 Å². The fourth-order valence-electron chi connectivity index (χ4n) is 4.86. The molecule has 0 bridgehead atoms. The maximum absolute atomic E-state index is 11.3. The van der Waals surface area contributed by atoms with Crippen LogP contribution in [-0.4, -0.2) is 22.5 Å². The predicted octanol–water partition coefficient (Wildman–Crippen LogP) is 5.09. The zero-order valence-electron chi connectivity index (χ0n) is 16.3. The predicted molar refractivity (Wildman–Crippen MR) is 117 cm³/mol. The summed E-state index contributed by atoms with van der Waals surface area (Å²) in [5.74, 6) is 0. The van der Waals surface area contributed by atoms with E-state index in [9.17, 15) is 15.4 Å². The molecule has 0 unspecified atom stereocenters. The van der Waals surface area contributed by atoms with Crippen LogP contribution >= 0.6 is 11.3 Å². The molecule has 30 heavy (non-hydrogen) atoms. The fourth-order valence-corrected chi connectivity index (χ4v) is 5.89. The summed E-state index contributed by atoms with van der Waals surface area (Å²) < 4.78 is 0. The van der Waals surface area contributed by atoms with E-state index in [2.05, 4.69) is 11.0 Å². The van der Waals surface area contributed by atoms with Gasteiger partial charge in [-0.05, 0) is 30.9 Å². The van der Waals surface area contributed by atoms with Crippen LogP contribution < -0.4 is 4.90 Å². The molecule has 1 aromatic heterocycles. The molecule has 1 saturated heterocycles. The van der Waals surface area contributed by atoms with E-state index in [1.165, 1.54) is 11.3 Å². The number of fused-ring (bicyclic) bond motifs is 3. The number of nitriles is 1. The minimum atomic E-state index is -0.805. The van der Waals surface area contributed by atoms with Gasteiger partial charge in [0.25, 0.3) is 5.69 Å². The molecule has 5 rings (SSSR count). The number of aromatic nitrogens is 1. The van der Waals surface area contributed by atoms with Gasteiger partial charge in [0, 0.05) is 41.7 Å². The average Bonchev–Trinajstić information content (AvgIpc) is 3.29. The number of benzene rings is 2. The van der Waals surface area contributed by atoms with Crippen molar-refractivity contribution in [3.05, 3.63) is 74.6 Å². The zero-order valence-corrected chi connectivity index (χ0v) is 17.1. The summed E-state index contributed by atoms with van der Waals surface area (Å²) in [6.07, 6.45) is 3.50. The molecule has 0 N–H and O–H groups in total. The van der Waals surface area contributed by atoms with Crippen molar-refractivity contribution in [3.63, 3.8) is 0 Å². The van der Waals surface area contributed by atoms with Crippen molar-refractivity contribution < 1.29 is 4.92 Å². The standard InChI is InChI=1S/C23H20N4O2S/c24-15-23(22-25-19(14-30-22)16-6-2-1-3-7-16)13-17-12-18(27(28)29)9-10-20(17)26-11-5-4-8-21(23)26/h1-3,6-7,9-10,12,14,21H,4-5,8,11,13H2/t21-,23-/m1/s1. The second kappa shape index (κ2) is 7.22. The van der Waals surface area contributed by atoms with Crippen molar-refractivity contribution in [3.8, 4) is 17.3 Å². The summed E-state index contributed by atoms with van der Waals surface area (Å²) >= 11 is 1.52. The van der Waals surface area contributed by atoms with E-state index < -0.39 is 5.41 Å². The highest BCUT2D eigenvalue weighted by Gasteiger charge is 2.51. The molecule has 6 nitrogen and oxygen atoms in total. The first kappa shape index (κ1) is 18.8. The zero-order chi connectivity index (χ0) is 20.7. The van der Waals surface area contributed by atoms with E-state index >= 15 is 0 Å². The first-order chi connectivity index (χ1) is 14.6. The highest BCUT2D eigenvalue weighted by Crippen LogP contribution is 2.48. The van der Waals surface area contributed by atoms with Crippen LogP contribution in [0.3, 0.4) is 0 Å². The van der Waals surface area contributed by atoms with Gasteiger partial charge in [0.15, 0.2) is 0 Å². The lowest BCUT2D eigenvalue weighted by Crippen LogP contribution is -2.56. The largest absolute Gasteiger partial charge is 0.366 e. The Labute approximate surface area is 178 Å². The maximum atomic E-state index is 11.3. The van der Waals surface area contributed by atoms with Gasteiger partial charge in [-0.1, -0.05) is 30.3 Å². The van der Waals surface area contributed by atoms with Gasteiger partial charge < -0.3 is 4.90 Å². The van der Waals surface area contributed by atoms with Gasteiger partial charge >= 0.3 is 0 Å². The number of nitrogens with zero attached hydrogens (tertiary/aromatic N) is 4. The number of hydrogen-bond donors (Lipinski definition) is 0. The van der Waals surface area contributed by atoms with Crippen LogP contribution in [0.2, 0.25) is 0 Å². The topological polar surface area (TPSA) is 83.1 Å². The van der Waals surface area contributed by atoms with Gasteiger partial charge in [0.1, 0.15) is 10.4 Å². The van der Waals surface area contributed by atoms with E-state index in [-0.39, 0.29) is 16.7 Å². The minimum absolute atomic E-state index is 0.0278. The third-order valence-corrected chi connectivity index (χ3v) is 7.30. The lowest BCUT2D eigenvalue weighted by molar-refractivity contribution is -0.384. The summed E-state index contributed by atoms with van der Waals surface area (Å²) in [7, 11) is 0. The molecule has 0 radical (unpaired) electrons. The smallest absolute Gasteiger partial charge is 0.269 e. The average molecular weight is 417 g/mol. The first-order valence-electron chi connectivity index (χ1n) is 10.1. The second-order valence-electron chi connectivity index (χ2n) is 7.94. The first-order valence-corrected chi connectivity index (χ1v) is 11.0. The van der Waals surface area contributed by atoms with Crippen molar-refractivity contribution in [2.45, 2.75) is 37.1 Å². The molecule has 7 heteroatoms. The van der Waals surface area contributed by atoms with Gasteiger partial charge in [-0.2, -0.15) is 5.26 Å². The monoisotopic (exact) mass is 416 g/mol. The van der Waals surface area contributed by atoms with Gasteiger partial charge in [-0.25, -0.2) is 4.98 Å². The Morgan fingerprint density at radius 1 is 1.23 bits per heavy atom. The van der Waals surface area contributed by atoms with E-state index in [1.807, 2.05) is 41.8 Å². The number of thiazole rings is 1. The minimum Gasteiger partial charge on any atom is -0.366 e. The molecule has 2 aromatic carbocycles. The van der Waals surface area contributed by atoms with Crippen molar-refractivity contribution >= 4 is 22.7 Å². The van der Waals surface area contributed by atoms with Crippen LogP contribution in [0.15, 0.2) is 53.9 Å². The van der Waals surface area contributed by atoms with Crippen LogP contribution in [0, 0.1) is 21.4 Å². The van der Waals surface area contributed by atoms with Crippen LogP contribution in [0.25, 0.3) is 11.3 Å². The molecule has 2 atom stereocenters. The lowest BCUT2D eigenvalue weighted by atomic mass is 9.69. The number of non-ortho nitro benzene ring substituents is 1. The van der Waals surface area contributed by atoms with Gasteiger partial charge in [0.05, 0.1) is 22.7 Å². The number of piperidine rings is 1. The molecule has 1 fully saturated rings. The number of hydrogen-bond acceptors (Lipinski definition) is 6. The molecule has 0 amide bonds. The van der Waals surface area contributed by atoms with Crippen molar-refractivity contribution in [2.24, 2.45) is 0 Å². The SMILES string of the molecule is N#C[C@]1(c2nc(-c3ccccc3)cs2)Cc2cc([N+](=O)[O-])ccc2N2CCCC[C@@H]21. The second-order valence-corrected chi connectivity index (χ2v) is 8.80. The molecule has 0 aliphatic carbocycles. The normalized spacial score (nSPS) is 22.6. The third kappa shape index (κ3) is 2.87. The summed E-state index contributed by atoms with van der Waals surface area (Å²) in [6, 6.07) is 17.7.